The quantitative estimate of drug-likeness (QED) is 0.373. The molecule has 2 aromatic heterocycles. The number of para-hydroxylation sites is 1. The summed E-state index contributed by atoms with van der Waals surface area (Å²) in [6.45, 7) is 2.07. The molecule has 0 saturated carbocycles. The second-order valence-electron chi connectivity index (χ2n) is 7.82. The number of hydrogen-bond acceptors (Lipinski definition) is 3. The summed E-state index contributed by atoms with van der Waals surface area (Å²) in [5.74, 6) is 2.22. The van der Waals surface area contributed by atoms with Gasteiger partial charge in [0.05, 0.1) is 17.6 Å². The maximum absolute atomic E-state index is 12.4. The highest BCUT2D eigenvalue weighted by Gasteiger charge is 2.15. The van der Waals surface area contributed by atoms with Gasteiger partial charge >= 0.3 is 0 Å². The van der Waals surface area contributed by atoms with Crippen LogP contribution in [0.4, 0.5) is 0 Å². The van der Waals surface area contributed by atoms with Crippen LogP contribution in [-0.2, 0) is 17.0 Å². The number of nitrogens with one attached hydrogen (secondary N) is 1. The molecule has 0 aliphatic carbocycles. The predicted molar refractivity (Wildman–Crippen MR) is 131 cm³/mol. The zero-order valence-electron chi connectivity index (χ0n) is 18.2. The number of aryl methyl sites for hydroxylation is 1. The van der Waals surface area contributed by atoms with Gasteiger partial charge in [-0.25, -0.2) is 4.68 Å². The van der Waals surface area contributed by atoms with Crippen molar-refractivity contribution in [2.45, 2.75) is 31.6 Å². The van der Waals surface area contributed by atoms with Crippen molar-refractivity contribution >= 4 is 17.7 Å². The van der Waals surface area contributed by atoms with Gasteiger partial charge in [0.2, 0.25) is 5.91 Å². The smallest absolute Gasteiger partial charge is 0.230 e. The van der Waals surface area contributed by atoms with Crippen molar-refractivity contribution in [3.05, 3.63) is 103 Å². The largest absolute Gasteiger partial charge is 0.353 e. The summed E-state index contributed by atoms with van der Waals surface area (Å²) in [7, 11) is 0. The predicted octanol–water partition coefficient (Wildman–Crippen LogP) is 5.03. The first kappa shape index (κ1) is 22.0. The Morgan fingerprint density at radius 1 is 1.00 bits per heavy atom. The van der Waals surface area contributed by atoms with Crippen molar-refractivity contribution in [1.82, 2.24) is 19.7 Å². The van der Waals surface area contributed by atoms with Crippen LogP contribution in [0.15, 0.2) is 91.4 Å². The van der Waals surface area contributed by atoms with Crippen LogP contribution in [0.25, 0.3) is 11.5 Å². The van der Waals surface area contributed by atoms with Gasteiger partial charge in [0.1, 0.15) is 5.82 Å². The maximum atomic E-state index is 12.4. The van der Waals surface area contributed by atoms with Crippen LogP contribution in [0, 0.1) is 0 Å². The van der Waals surface area contributed by atoms with E-state index in [4.69, 9.17) is 0 Å². The lowest BCUT2D eigenvalue weighted by molar-refractivity contribution is -0.119. The maximum Gasteiger partial charge on any atom is 0.230 e. The fourth-order valence-corrected chi connectivity index (χ4v) is 4.45. The molecule has 4 rings (SSSR count). The molecule has 2 heterocycles. The zero-order chi connectivity index (χ0) is 22.2. The fourth-order valence-electron chi connectivity index (χ4n) is 3.66. The summed E-state index contributed by atoms with van der Waals surface area (Å²) in [5.41, 5.74) is 3.41. The number of rotatable bonds is 10. The topological polar surface area (TPSA) is 51.9 Å². The van der Waals surface area contributed by atoms with Gasteiger partial charge in [0.15, 0.2) is 0 Å². The normalized spacial score (nSPS) is 11.9. The Bertz CT molecular complexity index is 1110. The lowest BCUT2D eigenvalue weighted by atomic mass is 10.1. The average Bonchev–Trinajstić information content (AvgIpc) is 3.49. The minimum Gasteiger partial charge on any atom is -0.353 e. The van der Waals surface area contributed by atoms with Crippen LogP contribution in [-0.4, -0.2) is 32.0 Å². The molecule has 0 radical (unpaired) electrons. The van der Waals surface area contributed by atoms with E-state index in [1.807, 2.05) is 71.8 Å². The number of benzene rings is 2. The van der Waals surface area contributed by atoms with Gasteiger partial charge in [0.25, 0.3) is 0 Å². The molecule has 0 unspecified atom stereocenters. The highest BCUT2D eigenvalue weighted by Crippen LogP contribution is 2.23. The lowest BCUT2D eigenvalue weighted by Gasteiger charge is -2.14. The van der Waals surface area contributed by atoms with Gasteiger partial charge in [-0.3, -0.25) is 4.79 Å². The summed E-state index contributed by atoms with van der Waals surface area (Å²) in [6, 6.07) is 24.6. The Morgan fingerprint density at radius 2 is 1.69 bits per heavy atom. The number of carbonyl (C=O) groups excluding carboxylic acids is 1. The Kier molecular flexibility index (Phi) is 7.46. The van der Waals surface area contributed by atoms with E-state index in [9.17, 15) is 4.79 Å². The van der Waals surface area contributed by atoms with E-state index in [1.165, 1.54) is 5.56 Å². The van der Waals surface area contributed by atoms with Crippen molar-refractivity contribution < 1.29 is 4.79 Å². The first-order chi connectivity index (χ1) is 15.7. The van der Waals surface area contributed by atoms with Crippen LogP contribution < -0.4 is 5.32 Å². The highest BCUT2D eigenvalue weighted by molar-refractivity contribution is 7.99. The number of carbonyl (C=O) groups is 1. The Morgan fingerprint density at radius 3 is 2.41 bits per heavy atom. The second kappa shape index (κ2) is 10.9. The number of amides is 1. The van der Waals surface area contributed by atoms with Crippen molar-refractivity contribution in [2.75, 3.05) is 5.75 Å². The van der Waals surface area contributed by atoms with Crippen molar-refractivity contribution in [3.63, 3.8) is 0 Å². The molecule has 2 aromatic carbocycles. The van der Waals surface area contributed by atoms with Crippen molar-refractivity contribution in [2.24, 2.45) is 0 Å². The lowest BCUT2D eigenvalue weighted by Crippen LogP contribution is -2.34. The number of thioether (sulfide) groups is 1. The Hall–Kier alpha value is -3.25. The van der Waals surface area contributed by atoms with E-state index >= 15 is 0 Å². The monoisotopic (exact) mass is 444 g/mol. The number of hydrogen-bond donors (Lipinski definition) is 1. The molecule has 0 saturated heterocycles. The van der Waals surface area contributed by atoms with Crippen LogP contribution in [0.5, 0.6) is 0 Å². The highest BCUT2D eigenvalue weighted by atomic mass is 32.2. The van der Waals surface area contributed by atoms with Gasteiger partial charge in [-0.15, -0.1) is 11.8 Å². The fraction of sp³-hybridized carbons (Fsp3) is 0.231. The second-order valence-corrected chi connectivity index (χ2v) is 8.80. The van der Waals surface area contributed by atoms with Crippen LogP contribution in [0.3, 0.4) is 0 Å². The van der Waals surface area contributed by atoms with Gasteiger partial charge in [-0.1, -0.05) is 48.5 Å². The number of nitrogens with zero attached hydrogens (tertiary/aromatic N) is 3. The van der Waals surface area contributed by atoms with E-state index in [-0.39, 0.29) is 11.9 Å². The summed E-state index contributed by atoms with van der Waals surface area (Å²) in [5, 5.41) is 7.75. The Labute approximate surface area is 193 Å². The molecule has 0 aliphatic rings. The summed E-state index contributed by atoms with van der Waals surface area (Å²) in [4.78, 5) is 12.4. The molecule has 1 N–H and O–H groups in total. The van der Waals surface area contributed by atoms with Crippen molar-refractivity contribution in [3.8, 4) is 11.5 Å². The number of aromatic nitrogens is 3. The average molecular weight is 445 g/mol. The molecule has 5 nitrogen and oxygen atoms in total. The minimum atomic E-state index is 0.0773. The summed E-state index contributed by atoms with van der Waals surface area (Å²) >= 11 is 1.61. The SMILES string of the molecule is C[C@H](CCc1ccccc1)NC(=O)CSCc1cnn(-c2ccccc2)c1-n1cccc1. The third kappa shape index (κ3) is 5.71. The first-order valence-corrected chi connectivity index (χ1v) is 12.0. The third-order valence-corrected chi connectivity index (χ3v) is 6.26. The molecule has 32 heavy (non-hydrogen) atoms. The molecular weight excluding hydrogens is 416 g/mol. The summed E-state index contributed by atoms with van der Waals surface area (Å²) in [6.07, 6.45) is 7.84. The molecule has 0 bridgehead atoms. The van der Waals surface area contributed by atoms with Gasteiger partial charge < -0.3 is 9.88 Å². The van der Waals surface area contributed by atoms with Crippen molar-refractivity contribution in [1.29, 1.82) is 0 Å². The third-order valence-electron chi connectivity index (χ3n) is 5.27. The van der Waals surface area contributed by atoms with Crippen LogP contribution in [0.2, 0.25) is 0 Å². The molecule has 0 spiro atoms. The molecule has 0 aliphatic heterocycles. The van der Waals surface area contributed by atoms with Gasteiger partial charge in [0, 0.05) is 29.8 Å². The molecule has 164 valence electrons. The molecule has 0 fully saturated rings. The van der Waals surface area contributed by atoms with E-state index in [2.05, 4.69) is 46.2 Å². The van der Waals surface area contributed by atoms with E-state index < -0.39 is 0 Å². The van der Waals surface area contributed by atoms with E-state index in [1.54, 1.807) is 11.8 Å². The van der Waals surface area contributed by atoms with Crippen LogP contribution in [0.1, 0.15) is 24.5 Å². The molecule has 6 heteroatoms. The standard InChI is InChI=1S/C26H28N4OS/c1-21(14-15-22-10-4-2-5-11-22)28-25(31)20-32-19-23-18-27-30(24-12-6-3-7-13-24)26(23)29-16-8-9-17-29/h2-13,16-18,21H,14-15,19-20H2,1H3,(H,28,31)/t21-/m1/s1. The molecule has 4 aromatic rings. The van der Waals surface area contributed by atoms with Crippen LogP contribution >= 0.6 is 11.8 Å². The van der Waals surface area contributed by atoms with E-state index in [0.717, 1.165) is 29.9 Å². The van der Waals surface area contributed by atoms with E-state index in [0.29, 0.717) is 11.5 Å². The summed E-state index contributed by atoms with van der Waals surface area (Å²) < 4.78 is 4.02. The molecule has 1 atom stereocenters. The first-order valence-electron chi connectivity index (χ1n) is 10.9. The van der Waals surface area contributed by atoms with Gasteiger partial charge in [-0.05, 0) is 49.6 Å². The molecular formula is C26H28N4OS. The molecule has 1 amide bonds. The Balaban J connectivity index is 1.33. The zero-order valence-corrected chi connectivity index (χ0v) is 19.0. The minimum absolute atomic E-state index is 0.0773. The van der Waals surface area contributed by atoms with Gasteiger partial charge in [-0.2, -0.15) is 5.10 Å².